The lowest BCUT2D eigenvalue weighted by Gasteiger charge is -2.26. The molecule has 0 amide bonds. The lowest BCUT2D eigenvalue weighted by atomic mass is 10.0. The van der Waals surface area contributed by atoms with Gasteiger partial charge in [-0.15, -0.1) is 22.7 Å². The lowest BCUT2D eigenvalue weighted by molar-refractivity contribution is 1.23. The second-order valence-corrected chi connectivity index (χ2v) is 15.8. The molecule has 0 fully saturated rings. The van der Waals surface area contributed by atoms with Gasteiger partial charge in [0, 0.05) is 57.4 Å². The van der Waals surface area contributed by atoms with Crippen LogP contribution >= 0.6 is 22.7 Å². The highest BCUT2D eigenvalue weighted by molar-refractivity contribution is 7.26. The molecule has 244 valence electrons. The Labute approximate surface area is 310 Å². The summed E-state index contributed by atoms with van der Waals surface area (Å²) in [5.41, 5.74) is 14.0. The van der Waals surface area contributed by atoms with Crippen LogP contribution in [-0.4, -0.2) is 0 Å². The molecule has 0 spiro atoms. The van der Waals surface area contributed by atoms with Crippen LogP contribution in [-0.2, 0) is 6.42 Å². The highest BCUT2D eigenvalue weighted by atomic mass is 32.1. The predicted octanol–water partition coefficient (Wildman–Crippen LogP) is 14.8. The monoisotopic (exact) mass is 697 g/mol. The summed E-state index contributed by atoms with van der Waals surface area (Å²) in [6.45, 7) is 0. The molecular formula is C49H31NS2. The van der Waals surface area contributed by atoms with Crippen molar-refractivity contribution in [3.63, 3.8) is 0 Å². The molecule has 0 saturated carbocycles. The molecule has 0 aliphatic heterocycles. The van der Waals surface area contributed by atoms with E-state index >= 15 is 0 Å². The summed E-state index contributed by atoms with van der Waals surface area (Å²) in [4.78, 5) is 2.41. The molecule has 1 nitrogen and oxygen atoms in total. The zero-order valence-electron chi connectivity index (χ0n) is 28.2. The summed E-state index contributed by atoms with van der Waals surface area (Å²) < 4.78 is 5.35. The molecular weight excluding hydrogens is 667 g/mol. The van der Waals surface area contributed by atoms with Crippen LogP contribution in [0.3, 0.4) is 0 Å². The summed E-state index contributed by atoms with van der Waals surface area (Å²) in [7, 11) is 0. The van der Waals surface area contributed by atoms with Gasteiger partial charge in [-0.1, -0.05) is 127 Å². The van der Waals surface area contributed by atoms with Gasteiger partial charge >= 0.3 is 0 Å². The van der Waals surface area contributed by atoms with Crippen LogP contribution < -0.4 is 4.90 Å². The quantitative estimate of drug-likeness (QED) is 0.173. The minimum atomic E-state index is 0.962. The second-order valence-electron chi connectivity index (χ2n) is 13.7. The first kappa shape index (κ1) is 29.7. The average molecular weight is 698 g/mol. The molecule has 0 N–H and O–H groups in total. The molecule has 0 saturated heterocycles. The van der Waals surface area contributed by atoms with Crippen LogP contribution in [0.2, 0.25) is 0 Å². The zero-order chi connectivity index (χ0) is 34.2. The van der Waals surface area contributed by atoms with Crippen LogP contribution in [0.15, 0.2) is 176 Å². The summed E-state index contributed by atoms with van der Waals surface area (Å²) in [5, 5.41) is 5.32. The first-order valence-corrected chi connectivity index (χ1v) is 19.4. The molecule has 10 aromatic rings. The topological polar surface area (TPSA) is 3.24 Å². The Balaban J connectivity index is 1.02. The van der Waals surface area contributed by atoms with Gasteiger partial charge in [-0.25, -0.2) is 0 Å². The van der Waals surface area contributed by atoms with Crippen molar-refractivity contribution in [2.75, 3.05) is 4.90 Å². The predicted molar refractivity (Wildman–Crippen MR) is 226 cm³/mol. The fraction of sp³-hybridized carbons (Fsp3) is 0.0204. The van der Waals surface area contributed by atoms with Crippen LogP contribution in [0.1, 0.15) is 11.1 Å². The number of hydrogen-bond acceptors (Lipinski definition) is 3. The van der Waals surface area contributed by atoms with E-state index in [1.54, 1.807) is 0 Å². The van der Waals surface area contributed by atoms with Gasteiger partial charge in [0.15, 0.2) is 0 Å². The fourth-order valence-corrected chi connectivity index (χ4v) is 10.7. The standard InChI is InChI=1S/C49H31NS2/c1-2-10-38-33(9-1)29-34-30-37(27-28-39(34)38)50(35-23-19-31(20-24-35)40-13-7-15-44-42-11-3-5-17-46(42)51-48(40)44)36-25-21-32(22-26-36)41-14-8-16-45-43-12-4-6-18-47(43)52-49(41)45/h1-28,30H,29H2. The third kappa shape index (κ3) is 4.67. The number of benzene rings is 8. The summed E-state index contributed by atoms with van der Waals surface area (Å²) in [6.07, 6.45) is 0.962. The minimum Gasteiger partial charge on any atom is -0.310 e. The van der Waals surface area contributed by atoms with Gasteiger partial charge in [0.25, 0.3) is 0 Å². The van der Waals surface area contributed by atoms with Crippen LogP contribution in [0.4, 0.5) is 17.1 Å². The summed E-state index contributed by atoms with van der Waals surface area (Å²) in [6, 6.07) is 65.0. The van der Waals surface area contributed by atoms with Gasteiger partial charge in [-0.05, 0) is 99.5 Å². The molecule has 0 radical (unpaired) electrons. The van der Waals surface area contributed by atoms with Crippen molar-refractivity contribution < 1.29 is 0 Å². The van der Waals surface area contributed by atoms with Gasteiger partial charge in [0.1, 0.15) is 0 Å². The molecule has 11 rings (SSSR count). The van der Waals surface area contributed by atoms with Crippen molar-refractivity contribution in [2.45, 2.75) is 6.42 Å². The van der Waals surface area contributed by atoms with Crippen molar-refractivity contribution in [3.8, 4) is 33.4 Å². The maximum Gasteiger partial charge on any atom is 0.0464 e. The van der Waals surface area contributed by atoms with E-state index in [4.69, 9.17) is 0 Å². The molecule has 2 heterocycles. The van der Waals surface area contributed by atoms with E-state index in [0.29, 0.717) is 0 Å². The van der Waals surface area contributed by atoms with Gasteiger partial charge in [-0.2, -0.15) is 0 Å². The van der Waals surface area contributed by atoms with E-state index in [0.717, 1.165) is 17.8 Å². The Morgan fingerprint density at radius 2 is 0.808 bits per heavy atom. The van der Waals surface area contributed by atoms with Gasteiger partial charge in [-0.3, -0.25) is 0 Å². The maximum absolute atomic E-state index is 2.41. The highest BCUT2D eigenvalue weighted by Crippen LogP contribution is 2.45. The smallest absolute Gasteiger partial charge is 0.0464 e. The molecule has 52 heavy (non-hydrogen) atoms. The number of thiophene rings is 2. The zero-order valence-corrected chi connectivity index (χ0v) is 29.8. The van der Waals surface area contributed by atoms with Crippen LogP contribution in [0.25, 0.3) is 73.7 Å². The van der Waals surface area contributed by atoms with E-state index in [2.05, 4.69) is 181 Å². The number of hydrogen-bond donors (Lipinski definition) is 0. The third-order valence-electron chi connectivity index (χ3n) is 10.7. The molecule has 0 unspecified atom stereocenters. The minimum absolute atomic E-state index is 0.962. The van der Waals surface area contributed by atoms with Crippen LogP contribution in [0.5, 0.6) is 0 Å². The highest BCUT2D eigenvalue weighted by Gasteiger charge is 2.21. The summed E-state index contributed by atoms with van der Waals surface area (Å²) >= 11 is 3.77. The molecule has 0 atom stereocenters. The Kier molecular flexibility index (Phi) is 6.73. The Morgan fingerprint density at radius 3 is 1.40 bits per heavy atom. The van der Waals surface area contributed by atoms with E-state index in [1.807, 2.05) is 22.7 Å². The van der Waals surface area contributed by atoms with Crippen molar-refractivity contribution >= 4 is 80.1 Å². The van der Waals surface area contributed by atoms with E-state index in [9.17, 15) is 0 Å². The van der Waals surface area contributed by atoms with Gasteiger partial charge in [0.05, 0.1) is 0 Å². The largest absolute Gasteiger partial charge is 0.310 e. The molecule has 1 aliphatic rings. The Bertz CT molecular complexity index is 2830. The first-order valence-electron chi connectivity index (χ1n) is 17.8. The van der Waals surface area contributed by atoms with Crippen molar-refractivity contribution in [2.24, 2.45) is 0 Å². The lowest BCUT2D eigenvalue weighted by Crippen LogP contribution is -2.10. The summed E-state index contributed by atoms with van der Waals surface area (Å²) in [5.74, 6) is 0. The molecule has 8 aromatic carbocycles. The maximum atomic E-state index is 2.41. The fourth-order valence-electron chi connectivity index (χ4n) is 8.25. The molecule has 1 aliphatic carbocycles. The number of rotatable bonds is 5. The third-order valence-corrected chi connectivity index (χ3v) is 13.2. The van der Waals surface area contributed by atoms with E-state index < -0.39 is 0 Å². The normalized spacial score (nSPS) is 12.2. The SMILES string of the molecule is c1ccc2c(c1)Cc1cc(N(c3ccc(-c4cccc5c4sc4ccccc45)cc3)c3ccc(-c4cccc5c4sc4ccccc45)cc3)ccc1-2. The average Bonchev–Trinajstić information content (AvgIpc) is 3.90. The number of anilines is 3. The first-order chi connectivity index (χ1) is 25.8. The van der Waals surface area contributed by atoms with Crippen molar-refractivity contribution in [1.29, 1.82) is 0 Å². The second kappa shape index (κ2) is 11.8. The van der Waals surface area contributed by atoms with Gasteiger partial charge in [0.2, 0.25) is 0 Å². The van der Waals surface area contributed by atoms with E-state index in [1.165, 1.54) is 90.5 Å². The number of fused-ring (bicyclic) bond motifs is 9. The molecule has 2 aromatic heterocycles. The Morgan fingerprint density at radius 1 is 0.346 bits per heavy atom. The Hall–Kier alpha value is -6.00. The van der Waals surface area contributed by atoms with Gasteiger partial charge < -0.3 is 4.90 Å². The molecule has 0 bridgehead atoms. The van der Waals surface area contributed by atoms with E-state index in [-0.39, 0.29) is 0 Å². The van der Waals surface area contributed by atoms with Crippen LogP contribution in [0, 0.1) is 0 Å². The van der Waals surface area contributed by atoms with Crippen molar-refractivity contribution in [1.82, 2.24) is 0 Å². The molecule has 3 heteroatoms. The van der Waals surface area contributed by atoms with Crippen molar-refractivity contribution in [3.05, 3.63) is 187 Å². The number of nitrogens with zero attached hydrogens (tertiary/aromatic N) is 1.